The van der Waals surface area contributed by atoms with Crippen molar-refractivity contribution >= 4 is 17.4 Å². The number of benzene rings is 1. The van der Waals surface area contributed by atoms with Crippen LogP contribution in [0.15, 0.2) is 18.2 Å². The molecule has 0 aliphatic heterocycles. The minimum absolute atomic E-state index is 0.0745. The van der Waals surface area contributed by atoms with Crippen molar-refractivity contribution in [2.75, 3.05) is 0 Å². The summed E-state index contributed by atoms with van der Waals surface area (Å²) in [6.45, 7) is 0. The highest BCUT2D eigenvalue weighted by molar-refractivity contribution is 6.30. The van der Waals surface area contributed by atoms with E-state index >= 15 is 0 Å². The number of hydrogen-bond acceptors (Lipinski definition) is 1. The van der Waals surface area contributed by atoms with E-state index in [-0.39, 0.29) is 5.02 Å². The number of ketones is 1. The topological polar surface area (TPSA) is 17.1 Å². The van der Waals surface area contributed by atoms with Crippen LogP contribution >= 0.6 is 11.6 Å². The highest BCUT2D eigenvalue weighted by Gasteiger charge is 2.62. The highest BCUT2D eigenvalue weighted by atomic mass is 35.5. The van der Waals surface area contributed by atoms with Gasteiger partial charge in [0.1, 0.15) is 5.82 Å². The lowest BCUT2D eigenvalue weighted by Gasteiger charge is -2.18. The van der Waals surface area contributed by atoms with E-state index in [1.54, 1.807) is 0 Å². The Kier molecular flexibility index (Phi) is 3.95. The number of carbonyl (C=O) groups is 1. The van der Waals surface area contributed by atoms with Gasteiger partial charge in [0.25, 0.3) is 0 Å². The SMILES string of the molecule is O=C(Cc1cc(Cl)ccc1F)C(F)(F)C(F)(F)F. The fraction of sp³-hybridized carbons (Fsp3) is 0.300. The molecule has 0 atom stereocenters. The average molecular weight is 291 g/mol. The van der Waals surface area contributed by atoms with Crippen molar-refractivity contribution in [2.24, 2.45) is 0 Å². The number of carbonyl (C=O) groups excluding carboxylic acids is 1. The Balaban J connectivity index is 2.98. The first-order valence-electron chi connectivity index (χ1n) is 4.47. The second-order valence-electron chi connectivity index (χ2n) is 3.41. The summed E-state index contributed by atoms with van der Waals surface area (Å²) in [4.78, 5) is 10.9. The largest absolute Gasteiger partial charge is 0.461 e. The molecule has 0 bridgehead atoms. The van der Waals surface area contributed by atoms with Crippen molar-refractivity contribution < 1.29 is 31.1 Å². The van der Waals surface area contributed by atoms with Gasteiger partial charge in [-0.2, -0.15) is 22.0 Å². The van der Waals surface area contributed by atoms with Crippen LogP contribution < -0.4 is 0 Å². The standard InChI is InChI=1S/C10H5ClF6O/c11-6-1-2-7(12)5(3-6)4-8(18)9(13,14)10(15,16)17/h1-3H,4H2. The molecule has 100 valence electrons. The van der Waals surface area contributed by atoms with Crippen LogP contribution in [0.1, 0.15) is 5.56 Å². The minimum atomic E-state index is -6.00. The molecule has 0 aliphatic carbocycles. The van der Waals surface area contributed by atoms with Crippen molar-refractivity contribution in [1.29, 1.82) is 0 Å². The molecule has 0 aliphatic rings. The molecular weight excluding hydrogens is 286 g/mol. The molecule has 1 aromatic carbocycles. The van der Waals surface area contributed by atoms with Crippen molar-refractivity contribution in [1.82, 2.24) is 0 Å². The second-order valence-corrected chi connectivity index (χ2v) is 3.84. The van der Waals surface area contributed by atoms with Gasteiger partial charge < -0.3 is 0 Å². The summed E-state index contributed by atoms with van der Waals surface area (Å²) < 4.78 is 73.9. The molecule has 0 N–H and O–H groups in total. The van der Waals surface area contributed by atoms with Gasteiger partial charge in [-0.05, 0) is 23.8 Å². The fourth-order valence-corrected chi connectivity index (χ4v) is 1.32. The summed E-state index contributed by atoms with van der Waals surface area (Å²) in [5.74, 6) is -9.02. The van der Waals surface area contributed by atoms with Gasteiger partial charge in [-0.25, -0.2) is 4.39 Å². The monoisotopic (exact) mass is 290 g/mol. The Morgan fingerprint density at radius 1 is 1.17 bits per heavy atom. The van der Waals surface area contributed by atoms with Crippen LogP contribution in [0.3, 0.4) is 0 Å². The lowest BCUT2D eigenvalue weighted by Crippen LogP contribution is -2.44. The maximum atomic E-state index is 13.1. The number of alkyl halides is 5. The molecule has 0 fully saturated rings. The Morgan fingerprint density at radius 2 is 1.72 bits per heavy atom. The molecule has 0 heterocycles. The van der Waals surface area contributed by atoms with Crippen molar-refractivity contribution in [3.05, 3.63) is 34.6 Å². The first-order valence-corrected chi connectivity index (χ1v) is 4.85. The van der Waals surface area contributed by atoms with Gasteiger partial charge in [0.05, 0.1) is 0 Å². The van der Waals surface area contributed by atoms with Gasteiger partial charge in [-0.15, -0.1) is 0 Å². The van der Waals surface area contributed by atoms with Crippen molar-refractivity contribution in [2.45, 2.75) is 18.5 Å². The van der Waals surface area contributed by atoms with Crippen molar-refractivity contribution in [3.8, 4) is 0 Å². The van der Waals surface area contributed by atoms with Crippen LogP contribution in [-0.2, 0) is 11.2 Å². The van der Waals surface area contributed by atoms with E-state index in [4.69, 9.17) is 11.6 Å². The predicted molar refractivity (Wildman–Crippen MR) is 51.1 cm³/mol. The molecule has 18 heavy (non-hydrogen) atoms. The molecule has 0 saturated carbocycles. The Bertz CT molecular complexity index is 468. The molecule has 1 rings (SSSR count). The lowest BCUT2D eigenvalue weighted by atomic mass is 10.0. The van der Waals surface area contributed by atoms with Gasteiger partial charge in [0.2, 0.25) is 5.78 Å². The van der Waals surface area contributed by atoms with Crippen LogP contribution in [0.2, 0.25) is 5.02 Å². The van der Waals surface area contributed by atoms with Gasteiger partial charge in [0.15, 0.2) is 0 Å². The van der Waals surface area contributed by atoms with E-state index in [0.29, 0.717) is 0 Å². The highest BCUT2D eigenvalue weighted by Crippen LogP contribution is 2.37. The molecule has 0 spiro atoms. The van der Waals surface area contributed by atoms with Crippen LogP contribution in [0.25, 0.3) is 0 Å². The first-order chi connectivity index (χ1) is 8.05. The Hall–Kier alpha value is -1.24. The zero-order valence-corrected chi connectivity index (χ0v) is 9.25. The normalized spacial score (nSPS) is 12.6. The molecular formula is C10H5ClF6O. The Labute approximate surface area is 102 Å². The third-order valence-electron chi connectivity index (χ3n) is 2.06. The molecule has 0 aromatic heterocycles. The quantitative estimate of drug-likeness (QED) is 0.774. The van der Waals surface area contributed by atoms with Crippen LogP contribution in [0.5, 0.6) is 0 Å². The molecule has 1 nitrogen and oxygen atoms in total. The smallest absolute Gasteiger partial charge is 0.292 e. The summed E-state index contributed by atoms with van der Waals surface area (Å²) in [7, 11) is 0. The third-order valence-corrected chi connectivity index (χ3v) is 2.30. The summed E-state index contributed by atoms with van der Waals surface area (Å²) in [6.07, 6.45) is -7.39. The average Bonchev–Trinajstić information content (AvgIpc) is 2.21. The minimum Gasteiger partial charge on any atom is -0.292 e. The van der Waals surface area contributed by atoms with Crippen LogP contribution in [-0.4, -0.2) is 17.9 Å². The first kappa shape index (κ1) is 14.8. The van der Waals surface area contributed by atoms with E-state index in [2.05, 4.69) is 0 Å². The molecule has 0 unspecified atom stereocenters. The van der Waals surface area contributed by atoms with Gasteiger partial charge in [-0.1, -0.05) is 11.6 Å². The zero-order valence-electron chi connectivity index (χ0n) is 8.49. The number of hydrogen-bond donors (Lipinski definition) is 0. The van der Waals surface area contributed by atoms with Crippen LogP contribution in [0, 0.1) is 5.82 Å². The van der Waals surface area contributed by atoms with E-state index in [0.717, 1.165) is 18.2 Å². The van der Waals surface area contributed by atoms with E-state index in [1.165, 1.54) is 0 Å². The summed E-state index contributed by atoms with van der Waals surface area (Å²) >= 11 is 5.42. The predicted octanol–water partition coefficient (Wildman–Crippen LogP) is 3.79. The molecule has 0 amide bonds. The van der Waals surface area contributed by atoms with Gasteiger partial charge >= 0.3 is 12.1 Å². The lowest BCUT2D eigenvalue weighted by molar-refractivity contribution is -0.268. The van der Waals surface area contributed by atoms with E-state index < -0.39 is 35.7 Å². The van der Waals surface area contributed by atoms with Crippen LogP contribution in [0.4, 0.5) is 26.3 Å². The molecule has 1 aromatic rings. The van der Waals surface area contributed by atoms with E-state index in [9.17, 15) is 31.1 Å². The van der Waals surface area contributed by atoms with Crippen molar-refractivity contribution in [3.63, 3.8) is 0 Å². The third kappa shape index (κ3) is 2.95. The fourth-order valence-electron chi connectivity index (χ4n) is 1.12. The molecule has 8 heteroatoms. The summed E-state index contributed by atoms with van der Waals surface area (Å²) in [5, 5.41) is -0.0745. The Morgan fingerprint density at radius 3 is 2.22 bits per heavy atom. The zero-order chi connectivity index (χ0) is 14.1. The van der Waals surface area contributed by atoms with Gasteiger partial charge in [-0.3, -0.25) is 4.79 Å². The maximum absolute atomic E-state index is 13.1. The maximum Gasteiger partial charge on any atom is 0.461 e. The number of rotatable bonds is 3. The molecule has 0 saturated heterocycles. The molecule has 0 radical (unpaired) electrons. The number of halogens is 7. The summed E-state index contributed by atoms with van der Waals surface area (Å²) in [5.41, 5.74) is -0.614. The number of Topliss-reactive ketones (excluding diaryl/α,β-unsaturated/α-hetero) is 1. The van der Waals surface area contributed by atoms with Gasteiger partial charge in [0, 0.05) is 11.4 Å². The van der Waals surface area contributed by atoms with E-state index in [1.807, 2.05) is 0 Å². The summed E-state index contributed by atoms with van der Waals surface area (Å²) in [6, 6.07) is 2.67. The second kappa shape index (κ2) is 4.79.